The van der Waals surface area contributed by atoms with Crippen LogP contribution >= 0.6 is 0 Å². The maximum atomic E-state index is 12.8. The Bertz CT molecular complexity index is 1220. The highest BCUT2D eigenvalue weighted by atomic mass is 16.7. The SMILES string of the molecule is O=C(ON1C(=O)c2ccccc2C1=O)c1nc(-c2ccccc2)n(-c2ccccc2)n1. The highest BCUT2D eigenvalue weighted by Gasteiger charge is 2.39. The fraction of sp³-hybridized carbons (Fsp3) is 0. The molecular weight excluding hydrogens is 396 g/mol. The van der Waals surface area contributed by atoms with Crippen molar-refractivity contribution in [2.24, 2.45) is 0 Å². The molecule has 1 aliphatic rings. The number of aromatic nitrogens is 3. The number of fused-ring (bicyclic) bond motifs is 1. The molecule has 2 amide bonds. The van der Waals surface area contributed by atoms with Gasteiger partial charge >= 0.3 is 5.97 Å². The number of imide groups is 1. The molecule has 1 aliphatic heterocycles. The van der Waals surface area contributed by atoms with E-state index in [0.29, 0.717) is 16.6 Å². The topological polar surface area (TPSA) is 94.4 Å². The van der Waals surface area contributed by atoms with E-state index in [2.05, 4.69) is 10.1 Å². The van der Waals surface area contributed by atoms with E-state index in [4.69, 9.17) is 4.84 Å². The fourth-order valence-electron chi connectivity index (χ4n) is 3.30. The molecule has 8 nitrogen and oxygen atoms in total. The molecule has 3 aromatic carbocycles. The van der Waals surface area contributed by atoms with Crippen LogP contribution in [0.4, 0.5) is 0 Å². The normalized spacial score (nSPS) is 12.7. The minimum atomic E-state index is -1.01. The highest BCUT2D eigenvalue weighted by Crippen LogP contribution is 2.24. The maximum Gasteiger partial charge on any atom is 0.403 e. The number of hydrogen-bond donors (Lipinski definition) is 0. The van der Waals surface area contributed by atoms with Crippen molar-refractivity contribution < 1.29 is 19.2 Å². The van der Waals surface area contributed by atoms with E-state index in [1.807, 2.05) is 60.7 Å². The average molecular weight is 410 g/mol. The molecule has 8 heteroatoms. The van der Waals surface area contributed by atoms with Gasteiger partial charge in [-0.3, -0.25) is 9.59 Å². The van der Waals surface area contributed by atoms with Crippen LogP contribution in [0.25, 0.3) is 17.1 Å². The van der Waals surface area contributed by atoms with E-state index in [0.717, 1.165) is 5.56 Å². The van der Waals surface area contributed by atoms with Gasteiger partial charge < -0.3 is 4.84 Å². The third kappa shape index (κ3) is 3.16. The van der Waals surface area contributed by atoms with Crippen molar-refractivity contribution >= 4 is 17.8 Å². The Morgan fingerprint density at radius 2 is 1.29 bits per heavy atom. The molecular formula is C23H14N4O4. The quantitative estimate of drug-likeness (QED) is 0.479. The van der Waals surface area contributed by atoms with Gasteiger partial charge in [-0.25, -0.2) is 14.5 Å². The van der Waals surface area contributed by atoms with Crippen molar-refractivity contribution in [2.45, 2.75) is 0 Å². The number of carbonyl (C=O) groups excluding carboxylic acids is 3. The number of nitrogens with zero attached hydrogens (tertiary/aromatic N) is 4. The van der Waals surface area contributed by atoms with Crippen LogP contribution in [0.1, 0.15) is 31.3 Å². The van der Waals surface area contributed by atoms with Gasteiger partial charge in [-0.15, -0.1) is 5.10 Å². The molecule has 0 spiro atoms. The molecule has 0 bridgehead atoms. The number of carbonyl (C=O) groups is 3. The molecule has 0 atom stereocenters. The van der Waals surface area contributed by atoms with Crippen LogP contribution in [-0.2, 0) is 4.84 Å². The van der Waals surface area contributed by atoms with E-state index in [-0.39, 0.29) is 17.0 Å². The lowest BCUT2D eigenvalue weighted by Crippen LogP contribution is -2.33. The second kappa shape index (κ2) is 7.34. The third-order valence-corrected chi connectivity index (χ3v) is 4.75. The number of rotatable bonds is 4. The zero-order valence-corrected chi connectivity index (χ0v) is 16.0. The Morgan fingerprint density at radius 3 is 1.90 bits per heavy atom. The molecule has 0 saturated carbocycles. The standard InChI is InChI=1S/C23H14N4O4/c28-21-17-13-7-8-14-18(17)22(29)27(21)31-23(30)19-24-20(15-9-3-1-4-10-15)26(25-19)16-11-5-2-6-12-16/h1-14H. The first-order valence-electron chi connectivity index (χ1n) is 9.41. The van der Waals surface area contributed by atoms with Crippen molar-refractivity contribution in [2.75, 3.05) is 0 Å². The van der Waals surface area contributed by atoms with Gasteiger partial charge in [0.2, 0.25) is 0 Å². The van der Waals surface area contributed by atoms with Crippen LogP contribution in [0.2, 0.25) is 0 Å². The van der Waals surface area contributed by atoms with Crippen LogP contribution in [-0.4, -0.2) is 37.6 Å². The Morgan fingerprint density at radius 1 is 0.742 bits per heavy atom. The Hall–Kier alpha value is -4.59. The molecule has 0 N–H and O–H groups in total. The summed E-state index contributed by atoms with van der Waals surface area (Å²) < 4.78 is 1.51. The van der Waals surface area contributed by atoms with Crippen molar-refractivity contribution in [3.63, 3.8) is 0 Å². The van der Waals surface area contributed by atoms with Gasteiger partial charge in [-0.1, -0.05) is 65.7 Å². The van der Waals surface area contributed by atoms with Crippen LogP contribution < -0.4 is 0 Å². The molecule has 1 aromatic heterocycles. The van der Waals surface area contributed by atoms with Gasteiger partial charge in [0.15, 0.2) is 5.82 Å². The highest BCUT2D eigenvalue weighted by molar-refractivity contribution is 6.21. The predicted octanol–water partition coefficient (Wildman–Crippen LogP) is 3.30. The Labute approximate surface area is 176 Å². The van der Waals surface area contributed by atoms with E-state index in [9.17, 15) is 14.4 Å². The molecule has 31 heavy (non-hydrogen) atoms. The molecule has 0 fully saturated rings. The number of hydroxylamine groups is 2. The second-order valence-corrected chi connectivity index (χ2v) is 6.70. The monoisotopic (exact) mass is 410 g/mol. The van der Waals surface area contributed by atoms with Gasteiger partial charge in [0.25, 0.3) is 17.6 Å². The summed E-state index contributed by atoms with van der Waals surface area (Å²) in [4.78, 5) is 47.1. The van der Waals surface area contributed by atoms with Gasteiger partial charge in [0.05, 0.1) is 16.8 Å². The van der Waals surface area contributed by atoms with E-state index in [1.54, 1.807) is 12.1 Å². The summed E-state index contributed by atoms with van der Waals surface area (Å²) in [5.41, 5.74) is 1.77. The maximum absolute atomic E-state index is 12.8. The average Bonchev–Trinajstić information content (AvgIpc) is 3.37. The van der Waals surface area contributed by atoms with Gasteiger partial charge in [-0.05, 0) is 24.3 Å². The molecule has 4 aromatic rings. The molecule has 0 radical (unpaired) electrons. The number of amides is 2. The summed E-state index contributed by atoms with van der Waals surface area (Å²) in [5.74, 6) is -2.29. The van der Waals surface area contributed by atoms with Crippen LogP contribution in [0.15, 0.2) is 84.9 Å². The number of para-hydroxylation sites is 1. The minimum Gasteiger partial charge on any atom is -0.321 e. The Balaban J connectivity index is 1.50. The first kappa shape index (κ1) is 18.4. The molecule has 0 saturated heterocycles. The first-order valence-corrected chi connectivity index (χ1v) is 9.41. The molecule has 0 unspecified atom stereocenters. The summed E-state index contributed by atoms with van der Waals surface area (Å²) in [6, 6.07) is 24.7. The van der Waals surface area contributed by atoms with Gasteiger partial charge in [0, 0.05) is 5.56 Å². The minimum absolute atomic E-state index is 0.174. The van der Waals surface area contributed by atoms with Crippen LogP contribution in [0, 0.1) is 0 Å². The van der Waals surface area contributed by atoms with E-state index in [1.165, 1.54) is 16.8 Å². The lowest BCUT2D eigenvalue weighted by Gasteiger charge is -2.10. The van der Waals surface area contributed by atoms with Crippen molar-refractivity contribution in [1.82, 2.24) is 19.8 Å². The largest absolute Gasteiger partial charge is 0.403 e. The first-order chi connectivity index (χ1) is 15.1. The molecule has 5 rings (SSSR count). The zero-order chi connectivity index (χ0) is 21.4. The lowest BCUT2D eigenvalue weighted by molar-refractivity contribution is -0.0592. The smallest absolute Gasteiger partial charge is 0.321 e. The van der Waals surface area contributed by atoms with Crippen LogP contribution in [0.5, 0.6) is 0 Å². The summed E-state index contributed by atoms with van der Waals surface area (Å²) in [6.45, 7) is 0. The summed E-state index contributed by atoms with van der Waals surface area (Å²) in [5, 5.41) is 4.72. The Kier molecular flexibility index (Phi) is 4.37. The van der Waals surface area contributed by atoms with Gasteiger partial charge in [-0.2, -0.15) is 0 Å². The van der Waals surface area contributed by atoms with Crippen LogP contribution in [0.3, 0.4) is 0 Å². The fourth-order valence-corrected chi connectivity index (χ4v) is 3.30. The summed E-state index contributed by atoms with van der Waals surface area (Å²) in [6.07, 6.45) is 0. The van der Waals surface area contributed by atoms with E-state index < -0.39 is 17.8 Å². The molecule has 2 heterocycles. The number of hydrogen-bond acceptors (Lipinski definition) is 6. The predicted molar refractivity (Wildman–Crippen MR) is 109 cm³/mol. The van der Waals surface area contributed by atoms with Gasteiger partial charge in [0.1, 0.15) is 0 Å². The number of benzene rings is 3. The van der Waals surface area contributed by atoms with Crippen molar-refractivity contribution in [3.8, 4) is 17.1 Å². The third-order valence-electron chi connectivity index (χ3n) is 4.75. The lowest BCUT2D eigenvalue weighted by atomic mass is 10.1. The van der Waals surface area contributed by atoms with E-state index >= 15 is 0 Å². The summed E-state index contributed by atoms with van der Waals surface area (Å²) >= 11 is 0. The molecule has 0 aliphatic carbocycles. The second-order valence-electron chi connectivity index (χ2n) is 6.70. The van der Waals surface area contributed by atoms with Crippen molar-refractivity contribution in [3.05, 3.63) is 102 Å². The molecule has 150 valence electrons. The zero-order valence-electron chi connectivity index (χ0n) is 16.0. The van der Waals surface area contributed by atoms with Crippen molar-refractivity contribution in [1.29, 1.82) is 0 Å². The summed E-state index contributed by atoms with van der Waals surface area (Å²) in [7, 11) is 0.